The van der Waals surface area contributed by atoms with Gasteiger partial charge in [-0.3, -0.25) is 9.48 Å². The summed E-state index contributed by atoms with van der Waals surface area (Å²) in [7, 11) is 0. The van der Waals surface area contributed by atoms with E-state index in [1.54, 1.807) is 12.4 Å². The number of oxazole rings is 1. The summed E-state index contributed by atoms with van der Waals surface area (Å²) in [4.78, 5) is 19.9. The molecule has 26 heavy (non-hydrogen) atoms. The fourth-order valence-electron chi connectivity index (χ4n) is 3.14. The van der Waals surface area contributed by atoms with Gasteiger partial charge in [0.15, 0.2) is 5.65 Å². The van der Waals surface area contributed by atoms with Crippen molar-refractivity contribution in [2.24, 2.45) is 0 Å². The summed E-state index contributed by atoms with van der Waals surface area (Å²) in [6.45, 7) is 2.82. The molecular weight excluding hydrogens is 332 g/mol. The molecule has 5 aromatic rings. The van der Waals surface area contributed by atoms with E-state index in [0.29, 0.717) is 22.8 Å². The molecule has 0 saturated carbocycles. The molecule has 128 valence electrons. The van der Waals surface area contributed by atoms with E-state index < -0.39 is 0 Å². The Balaban J connectivity index is 1.74. The van der Waals surface area contributed by atoms with E-state index in [9.17, 15) is 4.79 Å². The normalized spacial score (nSPS) is 11.6. The average Bonchev–Trinajstić information content (AvgIpc) is 3.39. The second kappa shape index (κ2) is 5.41. The van der Waals surface area contributed by atoms with Crippen LogP contribution in [0.3, 0.4) is 0 Å². The molecule has 0 spiro atoms. The van der Waals surface area contributed by atoms with Crippen LogP contribution in [0.15, 0.2) is 58.3 Å². The second-order valence-corrected chi connectivity index (χ2v) is 5.91. The van der Waals surface area contributed by atoms with Gasteiger partial charge < -0.3 is 9.40 Å². The Bertz CT molecular complexity index is 1290. The molecule has 0 aliphatic heterocycles. The third kappa shape index (κ3) is 2.08. The van der Waals surface area contributed by atoms with Gasteiger partial charge in [-0.2, -0.15) is 14.7 Å². The zero-order chi connectivity index (χ0) is 17.7. The first-order chi connectivity index (χ1) is 12.7. The standard InChI is InChI=1S/C18H14N6O2/c1-2-23-15-7-11(3-4-12(15)9-20-23)14-8-16(25)24-17(22-14)13(10-21-24)18-19-5-6-26-18/h3-10,22H,2H2,1H3. The molecule has 5 rings (SSSR count). The van der Waals surface area contributed by atoms with Crippen LogP contribution >= 0.6 is 0 Å². The predicted molar refractivity (Wildman–Crippen MR) is 95.7 cm³/mol. The summed E-state index contributed by atoms with van der Waals surface area (Å²) >= 11 is 0. The summed E-state index contributed by atoms with van der Waals surface area (Å²) in [5.41, 5.74) is 3.56. The van der Waals surface area contributed by atoms with Crippen molar-refractivity contribution in [2.45, 2.75) is 13.5 Å². The van der Waals surface area contributed by atoms with Gasteiger partial charge in [0.1, 0.15) is 11.8 Å². The molecule has 1 N–H and O–H groups in total. The quantitative estimate of drug-likeness (QED) is 0.542. The van der Waals surface area contributed by atoms with E-state index in [1.165, 1.54) is 16.8 Å². The number of aromatic amines is 1. The number of rotatable bonds is 3. The highest BCUT2D eigenvalue weighted by molar-refractivity contribution is 5.84. The average molecular weight is 346 g/mol. The topological polar surface area (TPSA) is 94.0 Å². The maximum Gasteiger partial charge on any atom is 0.274 e. The number of aromatic nitrogens is 6. The number of benzene rings is 1. The molecule has 0 unspecified atom stereocenters. The first-order valence-corrected chi connectivity index (χ1v) is 8.21. The Morgan fingerprint density at radius 3 is 2.92 bits per heavy atom. The highest BCUT2D eigenvalue weighted by Crippen LogP contribution is 2.25. The molecule has 8 heteroatoms. The molecular formula is C18H14N6O2. The molecule has 0 aliphatic rings. The lowest BCUT2D eigenvalue weighted by molar-refractivity contribution is 0.575. The van der Waals surface area contributed by atoms with Gasteiger partial charge in [0, 0.05) is 23.6 Å². The van der Waals surface area contributed by atoms with Crippen LogP contribution in [0.5, 0.6) is 0 Å². The molecule has 0 fully saturated rings. The van der Waals surface area contributed by atoms with Crippen molar-refractivity contribution < 1.29 is 4.42 Å². The number of nitrogens with zero attached hydrogens (tertiary/aromatic N) is 5. The molecule has 0 aliphatic carbocycles. The van der Waals surface area contributed by atoms with Gasteiger partial charge in [-0.05, 0) is 13.0 Å². The van der Waals surface area contributed by atoms with E-state index in [4.69, 9.17) is 4.42 Å². The van der Waals surface area contributed by atoms with Crippen LogP contribution in [0, 0.1) is 0 Å². The summed E-state index contributed by atoms with van der Waals surface area (Å²) in [6, 6.07) is 7.52. The lowest BCUT2D eigenvalue weighted by Gasteiger charge is -2.05. The summed E-state index contributed by atoms with van der Waals surface area (Å²) in [5, 5.41) is 9.56. The molecule has 0 amide bonds. The lowest BCUT2D eigenvalue weighted by atomic mass is 10.1. The van der Waals surface area contributed by atoms with Gasteiger partial charge in [0.25, 0.3) is 5.56 Å². The number of hydrogen-bond donors (Lipinski definition) is 1. The molecule has 1 aromatic carbocycles. The summed E-state index contributed by atoms with van der Waals surface area (Å²) < 4.78 is 8.58. The summed E-state index contributed by atoms with van der Waals surface area (Å²) in [6.07, 6.45) is 6.45. The molecule has 4 aromatic heterocycles. The first-order valence-electron chi connectivity index (χ1n) is 8.21. The van der Waals surface area contributed by atoms with E-state index >= 15 is 0 Å². The third-order valence-electron chi connectivity index (χ3n) is 4.42. The number of fused-ring (bicyclic) bond motifs is 2. The zero-order valence-corrected chi connectivity index (χ0v) is 13.9. The van der Waals surface area contributed by atoms with E-state index in [0.717, 1.165) is 23.0 Å². The Labute approximate surface area is 146 Å². The van der Waals surface area contributed by atoms with Gasteiger partial charge in [0.05, 0.1) is 29.8 Å². The van der Waals surface area contributed by atoms with Crippen LogP contribution in [-0.2, 0) is 6.54 Å². The van der Waals surface area contributed by atoms with Crippen molar-refractivity contribution >= 4 is 16.6 Å². The second-order valence-electron chi connectivity index (χ2n) is 5.91. The van der Waals surface area contributed by atoms with Gasteiger partial charge in [-0.1, -0.05) is 12.1 Å². The number of nitrogens with one attached hydrogen (secondary N) is 1. The van der Waals surface area contributed by atoms with E-state index in [2.05, 4.69) is 20.2 Å². The van der Waals surface area contributed by atoms with Crippen molar-refractivity contribution in [1.29, 1.82) is 0 Å². The fourth-order valence-corrected chi connectivity index (χ4v) is 3.14. The monoisotopic (exact) mass is 346 g/mol. The SMILES string of the molecule is CCn1ncc2ccc(-c3cc(=O)n4ncc(-c5ncco5)c4[nH]3)cc21. The third-order valence-corrected chi connectivity index (χ3v) is 4.42. The smallest absolute Gasteiger partial charge is 0.274 e. The molecule has 0 radical (unpaired) electrons. The highest BCUT2D eigenvalue weighted by Gasteiger charge is 2.14. The maximum atomic E-state index is 12.5. The summed E-state index contributed by atoms with van der Waals surface area (Å²) in [5.74, 6) is 0.410. The minimum atomic E-state index is -0.226. The molecule has 0 atom stereocenters. The highest BCUT2D eigenvalue weighted by atomic mass is 16.3. The van der Waals surface area contributed by atoms with Gasteiger partial charge in [-0.25, -0.2) is 4.98 Å². The zero-order valence-electron chi connectivity index (χ0n) is 13.9. The van der Waals surface area contributed by atoms with Crippen molar-refractivity contribution in [2.75, 3.05) is 0 Å². The Morgan fingerprint density at radius 1 is 1.19 bits per heavy atom. The van der Waals surface area contributed by atoms with Crippen molar-refractivity contribution in [3.8, 4) is 22.7 Å². The molecule has 4 heterocycles. The van der Waals surface area contributed by atoms with Crippen LogP contribution in [0.25, 0.3) is 39.3 Å². The minimum Gasteiger partial charge on any atom is -0.444 e. The van der Waals surface area contributed by atoms with Crippen LogP contribution in [-0.4, -0.2) is 29.4 Å². The van der Waals surface area contributed by atoms with Crippen LogP contribution in [0.2, 0.25) is 0 Å². The van der Waals surface area contributed by atoms with Crippen LogP contribution in [0.1, 0.15) is 6.92 Å². The van der Waals surface area contributed by atoms with Gasteiger partial charge in [-0.15, -0.1) is 0 Å². The van der Waals surface area contributed by atoms with Crippen molar-refractivity contribution in [1.82, 2.24) is 29.4 Å². The Kier molecular flexibility index (Phi) is 3.05. The van der Waals surface area contributed by atoms with Crippen molar-refractivity contribution in [3.63, 3.8) is 0 Å². The van der Waals surface area contributed by atoms with Crippen LogP contribution in [0.4, 0.5) is 0 Å². The van der Waals surface area contributed by atoms with E-state index in [-0.39, 0.29) is 5.56 Å². The molecule has 8 nitrogen and oxygen atoms in total. The van der Waals surface area contributed by atoms with Gasteiger partial charge in [0.2, 0.25) is 5.89 Å². The molecule has 0 bridgehead atoms. The minimum absolute atomic E-state index is 0.226. The Morgan fingerprint density at radius 2 is 2.12 bits per heavy atom. The first kappa shape index (κ1) is 14.6. The number of aryl methyl sites for hydroxylation is 1. The van der Waals surface area contributed by atoms with Gasteiger partial charge >= 0.3 is 0 Å². The van der Waals surface area contributed by atoms with Crippen molar-refractivity contribution in [3.05, 3.63) is 59.5 Å². The maximum absolute atomic E-state index is 12.5. The van der Waals surface area contributed by atoms with E-state index in [1.807, 2.05) is 36.0 Å². The number of H-pyrrole nitrogens is 1. The largest absolute Gasteiger partial charge is 0.444 e. The Hall–Kier alpha value is -3.68. The lowest BCUT2D eigenvalue weighted by Crippen LogP contribution is -2.14. The fraction of sp³-hybridized carbons (Fsp3) is 0.111. The van der Waals surface area contributed by atoms with Crippen LogP contribution < -0.4 is 5.56 Å². The number of hydrogen-bond acceptors (Lipinski definition) is 5. The predicted octanol–water partition coefficient (Wildman–Crippen LogP) is 2.71. The molecule has 0 saturated heterocycles.